The number of aliphatic hydroxyl groups is 1. The number of halogens is 3. The molecule has 0 amide bonds. The monoisotopic (exact) mass is 601 g/mol. The van der Waals surface area contributed by atoms with E-state index in [-0.39, 0.29) is 47.9 Å². The third kappa shape index (κ3) is 4.19. The minimum absolute atomic E-state index is 0.0106. The van der Waals surface area contributed by atoms with Crippen LogP contribution in [0.25, 0.3) is 32.9 Å². The first kappa shape index (κ1) is 27.4. The van der Waals surface area contributed by atoms with Gasteiger partial charge in [0.25, 0.3) is 0 Å². The number of pyridine rings is 1. The minimum Gasteiger partial charge on any atom is -0.475 e. The highest BCUT2D eigenvalue weighted by molar-refractivity contribution is 6.03. The summed E-state index contributed by atoms with van der Waals surface area (Å²) < 4.78 is 58.4. The molecule has 1 N–H and O–H groups in total. The van der Waals surface area contributed by atoms with Crippen molar-refractivity contribution in [2.75, 3.05) is 37.7 Å². The first-order valence-corrected chi connectivity index (χ1v) is 15.0. The van der Waals surface area contributed by atoms with E-state index in [4.69, 9.17) is 20.9 Å². The van der Waals surface area contributed by atoms with Crippen LogP contribution in [-0.2, 0) is 0 Å². The van der Waals surface area contributed by atoms with Crippen molar-refractivity contribution in [2.24, 2.45) is 0 Å². The number of nitrogens with zero attached hydrogens (tertiary/aromatic N) is 5. The third-order valence-electron chi connectivity index (χ3n) is 9.71. The molecule has 8 rings (SSSR count). The minimum atomic E-state index is -0.925. The quantitative estimate of drug-likeness (QED) is 0.328. The summed E-state index contributed by atoms with van der Waals surface area (Å²) in [5, 5.41) is 11.4. The second-order valence-electron chi connectivity index (χ2n) is 12.3. The van der Waals surface area contributed by atoms with Gasteiger partial charge in [0.1, 0.15) is 47.6 Å². The van der Waals surface area contributed by atoms with Crippen molar-refractivity contribution >= 4 is 27.5 Å². The number of benzene rings is 2. The zero-order chi connectivity index (χ0) is 30.2. The number of terminal acetylenes is 1. The van der Waals surface area contributed by atoms with Crippen molar-refractivity contribution in [2.45, 2.75) is 56.0 Å². The third-order valence-corrected chi connectivity index (χ3v) is 9.71. The number of aliphatic hydroxyl groups excluding tert-OH is 1. The van der Waals surface area contributed by atoms with Crippen LogP contribution in [0.1, 0.15) is 37.7 Å². The first-order valence-electron chi connectivity index (χ1n) is 15.0. The van der Waals surface area contributed by atoms with Crippen LogP contribution in [0.4, 0.5) is 19.0 Å². The van der Waals surface area contributed by atoms with Gasteiger partial charge in [-0.1, -0.05) is 30.2 Å². The van der Waals surface area contributed by atoms with Gasteiger partial charge in [0.2, 0.25) is 5.88 Å². The van der Waals surface area contributed by atoms with Crippen LogP contribution in [-0.4, -0.2) is 81.7 Å². The average Bonchev–Trinajstić information content (AvgIpc) is 3.46. The van der Waals surface area contributed by atoms with E-state index >= 15 is 4.39 Å². The summed E-state index contributed by atoms with van der Waals surface area (Å²) in [6.07, 6.45) is 7.56. The largest absolute Gasteiger partial charge is 0.475 e. The molecule has 1 aliphatic carbocycles. The molecular formula is C33H30F3N5O3. The fourth-order valence-corrected chi connectivity index (χ4v) is 7.51. The normalized spacial score (nSPS) is 26.2. The molecule has 4 aromatic rings. The summed E-state index contributed by atoms with van der Waals surface area (Å²) in [4.78, 5) is 18.1. The molecule has 5 heterocycles. The van der Waals surface area contributed by atoms with Crippen LogP contribution in [0.3, 0.4) is 0 Å². The van der Waals surface area contributed by atoms with Gasteiger partial charge >= 0.3 is 6.01 Å². The molecule has 8 nitrogen and oxygen atoms in total. The predicted molar refractivity (Wildman–Crippen MR) is 159 cm³/mol. The lowest BCUT2D eigenvalue weighted by Gasteiger charge is -2.41. The first-order chi connectivity index (χ1) is 21.3. The summed E-state index contributed by atoms with van der Waals surface area (Å²) in [5.41, 5.74) is -0.266. The molecule has 1 saturated carbocycles. The molecule has 0 spiro atoms. The second kappa shape index (κ2) is 10.2. The van der Waals surface area contributed by atoms with E-state index in [1.54, 1.807) is 24.3 Å². The molecule has 2 aromatic heterocycles. The lowest BCUT2D eigenvalue weighted by molar-refractivity contribution is 0.0721. The van der Waals surface area contributed by atoms with E-state index in [0.29, 0.717) is 59.9 Å². The van der Waals surface area contributed by atoms with Crippen molar-refractivity contribution in [1.82, 2.24) is 19.9 Å². The molecule has 0 radical (unpaired) electrons. The van der Waals surface area contributed by atoms with Gasteiger partial charge in [-0.05, 0) is 43.7 Å². The Balaban J connectivity index is 1.31. The van der Waals surface area contributed by atoms with Gasteiger partial charge in [-0.3, -0.25) is 4.90 Å². The highest BCUT2D eigenvalue weighted by atomic mass is 19.1. The molecule has 4 aliphatic rings. The number of hydrogen-bond donors (Lipinski definition) is 1. The van der Waals surface area contributed by atoms with Gasteiger partial charge in [-0.25, -0.2) is 18.2 Å². The van der Waals surface area contributed by atoms with E-state index in [9.17, 15) is 13.9 Å². The smallest absolute Gasteiger partial charge is 0.319 e. The van der Waals surface area contributed by atoms with Crippen molar-refractivity contribution < 1.29 is 27.8 Å². The Bertz CT molecular complexity index is 1860. The van der Waals surface area contributed by atoms with Gasteiger partial charge in [0, 0.05) is 30.0 Å². The number of fused-ring (bicyclic) bond motifs is 2. The number of alkyl halides is 1. The maximum absolute atomic E-state index is 16.8. The molecule has 3 aliphatic heterocycles. The van der Waals surface area contributed by atoms with Gasteiger partial charge in [0.05, 0.1) is 23.8 Å². The number of anilines is 1. The molecule has 226 valence electrons. The number of hydrogen-bond acceptors (Lipinski definition) is 8. The van der Waals surface area contributed by atoms with E-state index in [1.165, 1.54) is 6.07 Å². The summed E-state index contributed by atoms with van der Waals surface area (Å²) >= 11 is 0. The molecule has 0 bridgehead atoms. The Morgan fingerprint density at radius 1 is 1.11 bits per heavy atom. The lowest BCUT2D eigenvalue weighted by Crippen LogP contribution is -2.48. The van der Waals surface area contributed by atoms with Crippen LogP contribution in [0.15, 0.2) is 30.3 Å². The van der Waals surface area contributed by atoms with Gasteiger partial charge < -0.3 is 19.5 Å². The molecule has 3 fully saturated rings. The van der Waals surface area contributed by atoms with Crippen LogP contribution in [0, 0.1) is 24.0 Å². The predicted octanol–water partition coefficient (Wildman–Crippen LogP) is 4.78. The zero-order valence-corrected chi connectivity index (χ0v) is 23.9. The zero-order valence-electron chi connectivity index (χ0n) is 23.9. The van der Waals surface area contributed by atoms with E-state index in [1.807, 2.05) is 4.90 Å². The van der Waals surface area contributed by atoms with E-state index in [0.717, 1.165) is 19.4 Å². The number of aromatic nitrogens is 3. The summed E-state index contributed by atoms with van der Waals surface area (Å²) in [5.74, 6) is 1.63. The summed E-state index contributed by atoms with van der Waals surface area (Å²) in [6, 6.07) is 7.97. The Hall–Kier alpha value is -4.14. The second-order valence-corrected chi connectivity index (χ2v) is 12.3. The Morgan fingerprint density at radius 2 is 1.98 bits per heavy atom. The molecular weight excluding hydrogens is 571 g/mol. The van der Waals surface area contributed by atoms with Crippen LogP contribution in [0.2, 0.25) is 0 Å². The van der Waals surface area contributed by atoms with Gasteiger partial charge in [-0.2, -0.15) is 9.97 Å². The van der Waals surface area contributed by atoms with Crippen molar-refractivity contribution in [1.29, 1.82) is 0 Å². The fraction of sp³-hybridized carbons (Fsp3) is 0.424. The molecule has 2 aromatic carbocycles. The van der Waals surface area contributed by atoms with Crippen molar-refractivity contribution in [3.63, 3.8) is 0 Å². The number of rotatable bonds is 5. The molecule has 11 heteroatoms. The van der Waals surface area contributed by atoms with Gasteiger partial charge in [0.15, 0.2) is 5.82 Å². The van der Waals surface area contributed by atoms with Crippen molar-refractivity contribution in [3.8, 4) is 35.5 Å². The molecule has 0 unspecified atom stereocenters. The van der Waals surface area contributed by atoms with Crippen LogP contribution >= 0.6 is 0 Å². The Labute approximate surface area is 251 Å². The Kier molecular flexibility index (Phi) is 6.36. The van der Waals surface area contributed by atoms with Gasteiger partial charge in [-0.15, -0.1) is 6.42 Å². The van der Waals surface area contributed by atoms with Crippen molar-refractivity contribution in [3.05, 3.63) is 47.5 Å². The Morgan fingerprint density at radius 3 is 2.80 bits per heavy atom. The highest BCUT2D eigenvalue weighted by Crippen LogP contribution is 2.44. The lowest BCUT2D eigenvalue weighted by atomic mass is 9.88. The van der Waals surface area contributed by atoms with Crippen LogP contribution in [0.5, 0.6) is 11.9 Å². The van der Waals surface area contributed by atoms with E-state index < -0.39 is 29.4 Å². The number of ether oxygens (including phenoxy) is 2. The molecule has 44 heavy (non-hydrogen) atoms. The SMILES string of the molecule is C#Cc1c(F)ccc2cccc(-c3nc4c5c(nc(OC[C@@]67CCCN6C[C@H](F)C7)nc5c3F)N(C3CC(O)C3)CCO4)c12. The molecule has 2 atom stereocenters. The topological polar surface area (TPSA) is 83.8 Å². The maximum atomic E-state index is 16.8. The highest BCUT2D eigenvalue weighted by Gasteiger charge is 2.49. The summed E-state index contributed by atoms with van der Waals surface area (Å²) in [6.45, 7) is 2.03. The fourth-order valence-electron chi connectivity index (χ4n) is 7.51. The van der Waals surface area contributed by atoms with Crippen LogP contribution < -0.4 is 14.4 Å². The maximum Gasteiger partial charge on any atom is 0.319 e. The standard InChI is InChI=1S/C33H30F3N5O3/c1-2-22-24(35)8-7-18-5-3-6-23(25(18)22)28-27(36)29-26-30(41(20-13-21(42)14-20)11-12-43-31(26)37-28)39-32(38-29)44-17-33-9-4-10-40(33)16-19(34)15-33/h1,3,5-8,19-21,42H,4,9-17H2/t19-,20?,21?,33+/m1/s1. The molecule has 2 saturated heterocycles. The average molecular weight is 602 g/mol. The summed E-state index contributed by atoms with van der Waals surface area (Å²) in [7, 11) is 0. The van der Waals surface area contributed by atoms with E-state index in [2.05, 4.69) is 20.8 Å².